The highest BCUT2D eigenvalue weighted by Gasteiger charge is 2.24. The van der Waals surface area contributed by atoms with Gasteiger partial charge < -0.3 is 14.5 Å². The molecule has 0 atom stereocenters. The Morgan fingerprint density at radius 1 is 1.10 bits per heavy atom. The highest BCUT2D eigenvalue weighted by Crippen LogP contribution is 2.33. The number of anilines is 1. The van der Waals surface area contributed by atoms with Gasteiger partial charge in [0.25, 0.3) is 5.91 Å². The Bertz CT molecular complexity index is 1180. The molecule has 0 radical (unpaired) electrons. The van der Waals surface area contributed by atoms with Crippen LogP contribution in [0.15, 0.2) is 51.8 Å². The number of hydrogen-bond acceptors (Lipinski definition) is 7. The number of nitrogens with one attached hydrogen (secondary N) is 1. The van der Waals surface area contributed by atoms with E-state index >= 15 is 0 Å². The predicted molar refractivity (Wildman–Crippen MR) is 114 cm³/mol. The first-order valence-corrected chi connectivity index (χ1v) is 11.6. The summed E-state index contributed by atoms with van der Waals surface area (Å²) in [6, 6.07) is 10.9. The van der Waals surface area contributed by atoms with Crippen LogP contribution < -0.4 is 5.32 Å². The van der Waals surface area contributed by atoms with Crippen molar-refractivity contribution < 1.29 is 27.2 Å². The van der Waals surface area contributed by atoms with Crippen LogP contribution in [0.5, 0.6) is 0 Å². The van der Waals surface area contributed by atoms with Crippen molar-refractivity contribution in [3.63, 3.8) is 0 Å². The van der Waals surface area contributed by atoms with E-state index in [-0.39, 0.29) is 28.8 Å². The number of aryl methyl sites for hydroxylation is 1. The van der Waals surface area contributed by atoms with Crippen molar-refractivity contribution in [2.45, 2.75) is 31.4 Å². The lowest BCUT2D eigenvalue weighted by Gasteiger charge is -2.06. The summed E-state index contributed by atoms with van der Waals surface area (Å²) in [4.78, 5) is 25.9. The molecule has 0 unspecified atom stereocenters. The number of esters is 1. The van der Waals surface area contributed by atoms with Crippen LogP contribution in [0.1, 0.15) is 44.0 Å². The Morgan fingerprint density at radius 2 is 1.80 bits per heavy atom. The van der Waals surface area contributed by atoms with Crippen molar-refractivity contribution in [3.05, 3.63) is 70.0 Å². The second kappa shape index (κ2) is 8.85. The monoisotopic (exact) mass is 447 g/mol. The number of ether oxygens (including phenoxy) is 1. The molecule has 158 valence electrons. The minimum absolute atomic E-state index is 0.0493. The molecule has 3 rings (SSSR count). The zero-order chi connectivity index (χ0) is 21.9. The topological polar surface area (TPSA) is 103 Å². The number of amides is 1. The van der Waals surface area contributed by atoms with Gasteiger partial charge in [-0.05, 0) is 50.6 Å². The zero-order valence-corrected chi connectivity index (χ0v) is 18.4. The maximum absolute atomic E-state index is 12.6. The molecule has 1 N–H and O–H groups in total. The molecule has 0 spiro atoms. The Kier molecular flexibility index (Phi) is 6.42. The van der Waals surface area contributed by atoms with Gasteiger partial charge in [0.2, 0.25) is 0 Å². The number of furan rings is 1. The summed E-state index contributed by atoms with van der Waals surface area (Å²) in [5, 5.41) is 3.04. The maximum Gasteiger partial charge on any atom is 0.341 e. The molecule has 1 amide bonds. The van der Waals surface area contributed by atoms with Gasteiger partial charge in [-0.2, -0.15) is 0 Å². The van der Waals surface area contributed by atoms with E-state index in [9.17, 15) is 18.0 Å². The van der Waals surface area contributed by atoms with Gasteiger partial charge in [-0.25, -0.2) is 13.2 Å². The SMILES string of the molecule is CCOC(=O)c1c(NC(=O)c2ccc(CS(=O)(=O)c3ccccc3)o2)sc(C)c1C. The van der Waals surface area contributed by atoms with Crippen molar-refractivity contribution in [3.8, 4) is 0 Å². The lowest BCUT2D eigenvalue weighted by molar-refractivity contribution is 0.0527. The van der Waals surface area contributed by atoms with Crippen molar-refractivity contribution in [1.82, 2.24) is 0 Å². The van der Waals surface area contributed by atoms with Crippen LogP contribution in [-0.2, 0) is 20.3 Å². The molecule has 1 aromatic carbocycles. The third-order valence-electron chi connectivity index (χ3n) is 4.41. The first-order chi connectivity index (χ1) is 14.2. The highest BCUT2D eigenvalue weighted by atomic mass is 32.2. The van der Waals surface area contributed by atoms with Gasteiger partial charge >= 0.3 is 5.97 Å². The fourth-order valence-corrected chi connectivity index (χ4v) is 5.12. The molecule has 30 heavy (non-hydrogen) atoms. The van der Waals surface area contributed by atoms with Crippen LogP contribution in [0.2, 0.25) is 0 Å². The fourth-order valence-electron chi connectivity index (χ4n) is 2.80. The molecule has 0 aliphatic rings. The van der Waals surface area contributed by atoms with Crippen LogP contribution in [0, 0.1) is 13.8 Å². The van der Waals surface area contributed by atoms with E-state index < -0.39 is 21.7 Å². The lowest BCUT2D eigenvalue weighted by atomic mass is 10.1. The van der Waals surface area contributed by atoms with Gasteiger partial charge in [-0.3, -0.25) is 4.79 Å². The quantitative estimate of drug-likeness (QED) is 0.540. The lowest BCUT2D eigenvalue weighted by Crippen LogP contribution is -2.14. The van der Waals surface area contributed by atoms with E-state index in [1.54, 1.807) is 32.0 Å². The third kappa shape index (κ3) is 4.63. The van der Waals surface area contributed by atoms with Crippen LogP contribution in [0.4, 0.5) is 5.00 Å². The second-order valence-corrected chi connectivity index (χ2v) is 9.71. The first-order valence-electron chi connectivity index (χ1n) is 9.18. The summed E-state index contributed by atoms with van der Waals surface area (Å²) in [7, 11) is -3.60. The number of thiophene rings is 1. The van der Waals surface area contributed by atoms with Crippen molar-refractivity contribution in [2.24, 2.45) is 0 Å². The number of rotatable bonds is 7. The molecule has 0 aliphatic heterocycles. The number of carbonyl (C=O) groups is 2. The summed E-state index contributed by atoms with van der Waals surface area (Å²) in [6.07, 6.45) is 0. The molecule has 0 aliphatic carbocycles. The summed E-state index contributed by atoms with van der Waals surface area (Å²) in [6.45, 7) is 5.56. The molecule has 0 saturated heterocycles. The van der Waals surface area contributed by atoms with E-state index in [2.05, 4.69) is 5.32 Å². The maximum atomic E-state index is 12.6. The minimum Gasteiger partial charge on any atom is -0.462 e. The summed E-state index contributed by atoms with van der Waals surface area (Å²) >= 11 is 1.26. The number of benzene rings is 1. The van der Waals surface area contributed by atoms with Gasteiger partial charge in [-0.15, -0.1) is 11.3 Å². The van der Waals surface area contributed by atoms with Crippen molar-refractivity contribution >= 4 is 38.1 Å². The number of hydrogen-bond donors (Lipinski definition) is 1. The molecular formula is C21H21NO6S2. The molecule has 7 nitrogen and oxygen atoms in total. The molecule has 0 fully saturated rings. The fraction of sp³-hybridized carbons (Fsp3) is 0.238. The predicted octanol–water partition coefficient (Wildman–Crippen LogP) is 4.36. The number of sulfone groups is 1. The van der Waals surface area contributed by atoms with E-state index in [0.717, 1.165) is 10.4 Å². The second-order valence-electron chi connectivity index (χ2n) is 6.50. The molecule has 2 heterocycles. The smallest absolute Gasteiger partial charge is 0.341 e. The average molecular weight is 448 g/mol. The average Bonchev–Trinajstić information content (AvgIpc) is 3.27. The van der Waals surface area contributed by atoms with Crippen LogP contribution in [-0.4, -0.2) is 26.9 Å². The Labute approximate surface area is 178 Å². The Morgan fingerprint density at radius 3 is 2.47 bits per heavy atom. The molecule has 3 aromatic rings. The van der Waals surface area contributed by atoms with Crippen LogP contribution in [0.25, 0.3) is 0 Å². The molecule has 2 aromatic heterocycles. The largest absolute Gasteiger partial charge is 0.462 e. The number of carbonyl (C=O) groups excluding carboxylic acids is 2. The highest BCUT2D eigenvalue weighted by molar-refractivity contribution is 7.90. The molecule has 0 bridgehead atoms. The zero-order valence-electron chi connectivity index (χ0n) is 16.7. The van der Waals surface area contributed by atoms with E-state index in [4.69, 9.17) is 9.15 Å². The van der Waals surface area contributed by atoms with Crippen molar-refractivity contribution in [2.75, 3.05) is 11.9 Å². The summed E-state index contributed by atoms with van der Waals surface area (Å²) in [5.74, 6) is -1.36. The van der Waals surface area contributed by atoms with Gasteiger partial charge in [0.15, 0.2) is 15.6 Å². The standard InChI is InChI=1S/C21H21NO6S2/c1-4-27-21(24)18-13(2)14(3)29-20(18)22-19(23)17-11-10-15(28-17)12-30(25,26)16-8-6-5-7-9-16/h5-11H,4,12H2,1-3H3,(H,22,23). The van der Waals surface area contributed by atoms with Crippen LogP contribution >= 0.6 is 11.3 Å². The minimum atomic E-state index is -3.60. The van der Waals surface area contributed by atoms with Gasteiger partial charge in [-0.1, -0.05) is 18.2 Å². The van der Waals surface area contributed by atoms with Gasteiger partial charge in [0.1, 0.15) is 16.5 Å². The molecular weight excluding hydrogens is 426 g/mol. The molecule has 9 heteroatoms. The first kappa shape index (κ1) is 21.8. The van der Waals surface area contributed by atoms with Gasteiger partial charge in [0, 0.05) is 4.88 Å². The van der Waals surface area contributed by atoms with E-state index in [0.29, 0.717) is 10.6 Å². The third-order valence-corrected chi connectivity index (χ3v) is 7.19. The summed E-state index contributed by atoms with van der Waals surface area (Å²) in [5.41, 5.74) is 1.05. The van der Waals surface area contributed by atoms with Gasteiger partial charge in [0.05, 0.1) is 17.1 Å². The molecule has 0 saturated carbocycles. The van der Waals surface area contributed by atoms with Crippen molar-refractivity contribution in [1.29, 1.82) is 0 Å². The normalized spacial score (nSPS) is 11.3. The summed E-state index contributed by atoms with van der Waals surface area (Å²) < 4.78 is 35.5. The Hall–Kier alpha value is -2.91. The van der Waals surface area contributed by atoms with Crippen LogP contribution in [0.3, 0.4) is 0 Å². The van der Waals surface area contributed by atoms with E-state index in [1.165, 1.54) is 35.6 Å². The Balaban J connectivity index is 1.78. The van der Waals surface area contributed by atoms with E-state index in [1.807, 2.05) is 6.92 Å².